The van der Waals surface area contributed by atoms with Crippen molar-refractivity contribution in [2.45, 2.75) is 26.5 Å². The van der Waals surface area contributed by atoms with Gasteiger partial charge in [-0.25, -0.2) is 9.79 Å². The number of fused-ring (bicyclic) bond motifs is 1. The Kier molecular flexibility index (Phi) is 8.44. The molecule has 1 aliphatic rings. The Bertz CT molecular complexity index is 1840. The highest BCUT2D eigenvalue weighted by Gasteiger charge is 2.33. The quantitative estimate of drug-likeness (QED) is 0.294. The van der Waals surface area contributed by atoms with Crippen molar-refractivity contribution < 1.29 is 28.8 Å². The highest BCUT2D eigenvalue weighted by molar-refractivity contribution is 7.07. The zero-order valence-corrected chi connectivity index (χ0v) is 24.4. The van der Waals surface area contributed by atoms with Gasteiger partial charge in [-0.05, 0) is 60.9 Å². The van der Waals surface area contributed by atoms with E-state index in [4.69, 9.17) is 18.9 Å². The summed E-state index contributed by atoms with van der Waals surface area (Å²) in [5.74, 6) is 0.729. The van der Waals surface area contributed by atoms with Crippen LogP contribution in [-0.2, 0) is 16.1 Å². The number of esters is 1. The minimum Gasteiger partial charge on any atom is -0.504 e. The van der Waals surface area contributed by atoms with Gasteiger partial charge in [-0.3, -0.25) is 9.36 Å². The summed E-state index contributed by atoms with van der Waals surface area (Å²) in [6.07, 6.45) is 1.71. The van der Waals surface area contributed by atoms with Crippen molar-refractivity contribution in [1.82, 2.24) is 4.57 Å². The summed E-state index contributed by atoms with van der Waals surface area (Å²) in [5, 5.41) is 10.1. The van der Waals surface area contributed by atoms with Crippen LogP contribution in [0.5, 0.6) is 23.0 Å². The van der Waals surface area contributed by atoms with E-state index in [0.29, 0.717) is 56.6 Å². The molecular weight excluding hydrogens is 556 g/mol. The Hall–Kier alpha value is -4.83. The number of carbonyl (C=O) groups excluding carboxylic acids is 1. The topological polar surface area (TPSA) is 109 Å². The molecule has 10 heteroatoms. The first-order valence-corrected chi connectivity index (χ1v) is 14.1. The fraction of sp³-hybridized carbons (Fsp3) is 0.219. The molecule has 0 aliphatic carbocycles. The number of thiazole rings is 1. The van der Waals surface area contributed by atoms with Crippen molar-refractivity contribution in [2.24, 2.45) is 4.99 Å². The summed E-state index contributed by atoms with van der Waals surface area (Å²) in [4.78, 5) is 32.0. The molecule has 0 spiro atoms. The van der Waals surface area contributed by atoms with Gasteiger partial charge in [-0.15, -0.1) is 0 Å². The van der Waals surface area contributed by atoms with Gasteiger partial charge in [0.1, 0.15) is 6.61 Å². The molecule has 4 aromatic rings. The molecule has 0 amide bonds. The number of aromatic hydroxyl groups is 1. The number of allylic oxidation sites excluding steroid dienone is 1. The molecule has 1 unspecified atom stereocenters. The molecule has 1 atom stereocenters. The maximum absolute atomic E-state index is 13.9. The minimum absolute atomic E-state index is 0.0129. The molecule has 1 aliphatic heterocycles. The molecule has 0 fully saturated rings. The highest BCUT2D eigenvalue weighted by atomic mass is 32.1. The molecule has 0 saturated heterocycles. The average Bonchev–Trinajstić information content (AvgIpc) is 3.30. The van der Waals surface area contributed by atoms with Crippen LogP contribution in [0.4, 0.5) is 0 Å². The first-order chi connectivity index (χ1) is 20.3. The molecule has 42 heavy (non-hydrogen) atoms. The van der Waals surface area contributed by atoms with E-state index in [0.717, 1.165) is 5.56 Å². The fourth-order valence-corrected chi connectivity index (χ4v) is 5.81. The van der Waals surface area contributed by atoms with Gasteiger partial charge in [-0.2, -0.15) is 0 Å². The maximum Gasteiger partial charge on any atom is 0.338 e. The molecule has 0 saturated carbocycles. The lowest BCUT2D eigenvalue weighted by Gasteiger charge is -2.25. The zero-order valence-electron chi connectivity index (χ0n) is 23.6. The maximum atomic E-state index is 13.9. The Balaban J connectivity index is 1.61. The second-order valence-corrected chi connectivity index (χ2v) is 10.4. The van der Waals surface area contributed by atoms with E-state index in [-0.39, 0.29) is 16.9 Å². The number of rotatable bonds is 9. The molecule has 3 aromatic carbocycles. The molecule has 0 bridgehead atoms. The first kappa shape index (κ1) is 28.7. The largest absolute Gasteiger partial charge is 0.504 e. The van der Waals surface area contributed by atoms with Gasteiger partial charge in [0, 0.05) is 0 Å². The second-order valence-electron chi connectivity index (χ2n) is 9.42. The third-order valence-corrected chi connectivity index (χ3v) is 7.73. The predicted molar refractivity (Wildman–Crippen MR) is 159 cm³/mol. The van der Waals surface area contributed by atoms with Crippen LogP contribution >= 0.6 is 11.3 Å². The van der Waals surface area contributed by atoms with Crippen molar-refractivity contribution in [1.29, 1.82) is 0 Å². The zero-order chi connectivity index (χ0) is 29.8. The molecule has 5 rings (SSSR count). The second kappa shape index (κ2) is 12.4. The fourth-order valence-electron chi connectivity index (χ4n) is 4.76. The van der Waals surface area contributed by atoms with Crippen LogP contribution in [0.15, 0.2) is 87.8 Å². The first-order valence-electron chi connectivity index (χ1n) is 13.3. The monoisotopic (exact) mass is 586 g/mol. The van der Waals surface area contributed by atoms with E-state index < -0.39 is 12.0 Å². The lowest BCUT2D eigenvalue weighted by atomic mass is 9.95. The molecular formula is C32H30N2O7S. The van der Waals surface area contributed by atoms with Crippen molar-refractivity contribution in [3.8, 4) is 23.0 Å². The normalized spacial score (nSPS) is 14.7. The molecule has 1 N–H and O–H groups in total. The third-order valence-electron chi connectivity index (χ3n) is 6.75. The number of ether oxygens (including phenoxy) is 4. The van der Waals surface area contributed by atoms with Gasteiger partial charge in [0.05, 0.1) is 42.7 Å². The summed E-state index contributed by atoms with van der Waals surface area (Å²) < 4.78 is 24.2. The SMILES string of the molecule is CCOc1cc(/C=c2\sc3n(c2=O)C(c2ccc(OCc4ccccc4)c(OC)c2)C(C(=O)OC)=C(C)N=3)ccc1O. The van der Waals surface area contributed by atoms with Gasteiger partial charge in [0.25, 0.3) is 5.56 Å². The van der Waals surface area contributed by atoms with E-state index in [2.05, 4.69) is 4.99 Å². The van der Waals surface area contributed by atoms with Gasteiger partial charge >= 0.3 is 5.97 Å². The van der Waals surface area contributed by atoms with Crippen molar-refractivity contribution in [3.63, 3.8) is 0 Å². The smallest absolute Gasteiger partial charge is 0.338 e. The van der Waals surface area contributed by atoms with Crippen molar-refractivity contribution in [2.75, 3.05) is 20.8 Å². The molecule has 216 valence electrons. The minimum atomic E-state index is -0.813. The van der Waals surface area contributed by atoms with Crippen LogP contribution in [0, 0.1) is 0 Å². The van der Waals surface area contributed by atoms with Gasteiger partial charge < -0.3 is 24.1 Å². The average molecular weight is 587 g/mol. The third kappa shape index (κ3) is 5.66. The lowest BCUT2D eigenvalue weighted by molar-refractivity contribution is -0.136. The van der Waals surface area contributed by atoms with E-state index in [1.54, 1.807) is 43.3 Å². The molecule has 1 aromatic heterocycles. The summed E-state index contributed by atoms with van der Waals surface area (Å²) >= 11 is 1.21. The van der Waals surface area contributed by atoms with E-state index in [9.17, 15) is 14.7 Å². The van der Waals surface area contributed by atoms with Crippen LogP contribution in [0.25, 0.3) is 6.08 Å². The molecule has 0 radical (unpaired) electrons. The summed E-state index contributed by atoms with van der Waals surface area (Å²) in [6.45, 7) is 4.27. The Labute approximate surface area is 246 Å². The van der Waals surface area contributed by atoms with Gasteiger partial charge in [0.15, 0.2) is 27.8 Å². The number of phenols is 1. The van der Waals surface area contributed by atoms with Gasteiger partial charge in [-0.1, -0.05) is 53.8 Å². The summed E-state index contributed by atoms with van der Waals surface area (Å²) in [6, 6.07) is 19.2. The standard InChI is InChI=1S/C32H30N2O7S/c1-5-40-25-15-21(11-13-23(25)35)16-27-30(36)34-29(28(31(37)39-4)19(2)33-32(34)42-27)22-12-14-24(26(17-22)38-3)41-18-20-9-7-6-8-10-20/h6-17,29,35H,5,18H2,1-4H3/b27-16-. The number of nitrogens with zero attached hydrogens (tertiary/aromatic N) is 2. The van der Waals surface area contributed by atoms with Crippen LogP contribution in [0.3, 0.4) is 0 Å². The number of aromatic nitrogens is 1. The van der Waals surface area contributed by atoms with Crippen LogP contribution in [0.2, 0.25) is 0 Å². The van der Waals surface area contributed by atoms with Crippen LogP contribution in [0.1, 0.15) is 36.6 Å². The van der Waals surface area contributed by atoms with E-state index in [1.807, 2.05) is 37.3 Å². The van der Waals surface area contributed by atoms with Gasteiger partial charge in [0.2, 0.25) is 0 Å². The predicted octanol–water partition coefficient (Wildman–Crippen LogP) is 4.10. The summed E-state index contributed by atoms with van der Waals surface area (Å²) in [7, 11) is 2.84. The Morgan fingerprint density at radius 1 is 1.02 bits per heavy atom. The number of carbonyl (C=O) groups is 1. The Morgan fingerprint density at radius 2 is 1.81 bits per heavy atom. The van der Waals surface area contributed by atoms with Crippen LogP contribution < -0.4 is 29.1 Å². The van der Waals surface area contributed by atoms with E-state index in [1.165, 1.54) is 36.2 Å². The number of methoxy groups -OCH3 is 2. The lowest BCUT2D eigenvalue weighted by Crippen LogP contribution is -2.39. The Morgan fingerprint density at radius 3 is 2.52 bits per heavy atom. The number of phenolic OH excluding ortho intramolecular Hbond substituents is 1. The number of hydrogen-bond acceptors (Lipinski definition) is 9. The summed E-state index contributed by atoms with van der Waals surface area (Å²) in [5.41, 5.74) is 2.68. The van der Waals surface area contributed by atoms with Crippen molar-refractivity contribution >= 4 is 23.4 Å². The number of benzene rings is 3. The molecule has 2 heterocycles. The molecule has 9 nitrogen and oxygen atoms in total. The van der Waals surface area contributed by atoms with Crippen LogP contribution in [-0.4, -0.2) is 36.5 Å². The number of hydrogen-bond donors (Lipinski definition) is 1. The van der Waals surface area contributed by atoms with E-state index >= 15 is 0 Å². The highest BCUT2D eigenvalue weighted by Crippen LogP contribution is 2.36. The van der Waals surface area contributed by atoms with Crippen molar-refractivity contribution in [3.05, 3.63) is 114 Å².